The molecular weight excluding hydrogens is 346 g/mol. The first-order valence-corrected chi connectivity index (χ1v) is 10.7. The van der Waals surface area contributed by atoms with Crippen LogP contribution in [0.1, 0.15) is 31.2 Å². The van der Waals surface area contributed by atoms with E-state index in [-0.39, 0.29) is 5.91 Å². The highest BCUT2D eigenvalue weighted by Crippen LogP contribution is 2.25. The van der Waals surface area contributed by atoms with E-state index in [1.165, 1.54) is 5.56 Å². The third-order valence-corrected chi connectivity index (χ3v) is 7.28. The zero-order valence-corrected chi connectivity index (χ0v) is 15.7. The van der Waals surface area contributed by atoms with Crippen molar-refractivity contribution in [2.75, 3.05) is 13.1 Å². The number of carbonyl (C=O) groups is 1. The summed E-state index contributed by atoms with van der Waals surface area (Å²) in [4.78, 5) is 14.6. The number of sulfone groups is 1. The highest BCUT2D eigenvalue weighted by Gasteiger charge is 2.32. The van der Waals surface area contributed by atoms with Gasteiger partial charge >= 0.3 is 0 Å². The average molecular weight is 372 g/mol. The topological polar surface area (TPSA) is 54.5 Å². The van der Waals surface area contributed by atoms with Gasteiger partial charge in [0, 0.05) is 19.5 Å². The van der Waals surface area contributed by atoms with Gasteiger partial charge in [0.05, 0.1) is 10.1 Å². The van der Waals surface area contributed by atoms with Crippen molar-refractivity contribution in [3.63, 3.8) is 0 Å². The lowest BCUT2D eigenvalue weighted by Crippen LogP contribution is -2.42. The molecule has 1 saturated heterocycles. The fourth-order valence-electron chi connectivity index (χ4n) is 3.46. The lowest BCUT2D eigenvalue weighted by Gasteiger charge is -2.32. The first kappa shape index (κ1) is 18.6. The number of piperidine rings is 1. The number of likely N-dealkylation sites (tertiary alicyclic amines) is 1. The number of nitrogens with zero attached hydrogens (tertiary/aromatic N) is 1. The Bertz CT molecular complexity index is 811. The molecule has 0 radical (unpaired) electrons. The summed E-state index contributed by atoms with van der Waals surface area (Å²) in [5.74, 6) is 0.136. The Morgan fingerprint density at radius 1 is 0.923 bits per heavy atom. The van der Waals surface area contributed by atoms with Gasteiger partial charge in [-0.1, -0.05) is 48.5 Å². The Morgan fingerprint density at radius 3 is 2.12 bits per heavy atom. The number of hydrogen-bond donors (Lipinski definition) is 0. The van der Waals surface area contributed by atoms with Gasteiger partial charge in [0.25, 0.3) is 0 Å². The molecular formula is C21H25NO3S. The normalized spacial score (nSPS) is 15.8. The summed E-state index contributed by atoms with van der Waals surface area (Å²) < 4.78 is 25.4. The van der Waals surface area contributed by atoms with Crippen molar-refractivity contribution in [2.45, 2.75) is 42.2 Å². The average Bonchev–Trinajstić information content (AvgIpc) is 2.69. The minimum atomic E-state index is -3.30. The van der Waals surface area contributed by atoms with E-state index in [1.807, 2.05) is 29.2 Å². The third-order valence-electron chi connectivity index (χ3n) is 5.00. The van der Waals surface area contributed by atoms with Crippen molar-refractivity contribution in [1.82, 2.24) is 4.90 Å². The number of benzene rings is 2. The second-order valence-electron chi connectivity index (χ2n) is 6.78. The van der Waals surface area contributed by atoms with Crippen LogP contribution >= 0.6 is 0 Å². The summed E-state index contributed by atoms with van der Waals surface area (Å²) in [6.45, 7) is 1.06. The maximum Gasteiger partial charge on any atom is 0.222 e. The van der Waals surface area contributed by atoms with Crippen molar-refractivity contribution in [3.8, 4) is 0 Å². The molecule has 0 aliphatic carbocycles. The lowest BCUT2D eigenvalue weighted by atomic mass is 10.1. The van der Waals surface area contributed by atoms with Gasteiger partial charge in [-0.2, -0.15) is 0 Å². The number of hydrogen-bond acceptors (Lipinski definition) is 3. The van der Waals surface area contributed by atoms with Gasteiger partial charge in [-0.3, -0.25) is 4.79 Å². The van der Waals surface area contributed by atoms with Gasteiger partial charge in [-0.25, -0.2) is 8.42 Å². The zero-order chi connectivity index (χ0) is 18.4. The molecule has 0 spiro atoms. The lowest BCUT2D eigenvalue weighted by molar-refractivity contribution is -0.132. The van der Waals surface area contributed by atoms with Crippen LogP contribution in [0.25, 0.3) is 0 Å². The molecule has 1 heterocycles. The van der Waals surface area contributed by atoms with E-state index in [2.05, 4.69) is 12.1 Å². The van der Waals surface area contributed by atoms with Crippen LogP contribution in [-0.4, -0.2) is 37.6 Å². The van der Waals surface area contributed by atoms with Gasteiger partial charge in [-0.05, 0) is 43.4 Å². The first-order chi connectivity index (χ1) is 12.6. The minimum absolute atomic E-state index is 0.136. The van der Waals surface area contributed by atoms with Crippen molar-refractivity contribution in [1.29, 1.82) is 0 Å². The van der Waals surface area contributed by atoms with Crippen LogP contribution in [0.15, 0.2) is 65.6 Å². The molecule has 2 aromatic carbocycles. The summed E-state index contributed by atoms with van der Waals surface area (Å²) in [6.07, 6.45) is 3.27. The molecule has 26 heavy (non-hydrogen) atoms. The van der Waals surface area contributed by atoms with Gasteiger partial charge in [0.2, 0.25) is 5.91 Å². The number of aryl methyl sites for hydroxylation is 1. The summed E-state index contributed by atoms with van der Waals surface area (Å²) in [5, 5.41) is -0.390. The van der Waals surface area contributed by atoms with Crippen LogP contribution in [0.3, 0.4) is 0 Å². The minimum Gasteiger partial charge on any atom is -0.343 e. The zero-order valence-electron chi connectivity index (χ0n) is 14.9. The second-order valence-corrected chi connectivity index (χ2v) is 9.01. The summed E-state index contributed by atoms with van der Waals surface area (Å²) >= 11 is 0. The molecule has 4 nitrogen and oxygen atoms in total. The highest BCUT2D eigenvalue weighted by atomic mass is 32.2. The predicted molar refractivity (Wildman–Crippen MR) is 103 cm³/mol. The van der Waals surface area contributed by atoms with E-state index in [9.17, 15) is 13.2 Å². The third kappa shape index (κ3) is 4.52. The van der Waals surface area contributed by atoms with Crippen LogP contribution in [0.2, 0.25) is 0 Å². The Hall–Kier alpha value is -2.14. The predicted octanol–water partition coefficient (Wildman–Crippen LogP) is 3.47. The van der Waals surface area contributed by atoms with Gasteiger partial charge in [0.15, 0.2) is 9.84 Å². The van der Waals surface area contributed by atoms with Crippen LogP contribution in [0.5, 0.6) is 0 Å². The molecule has 5 heteroatoms. The monoisotopic (exact) mass is 371 g/mol. The molecule has 1 aliphatic rings. The largest absolute Gasteiger partial charge is 0.343 e. The second kappa shape index (κ2) is 8.49. The van der Waals surface area contributed by atoms with E-state index in [1.54, 1.807) is 24.3 Å². The fraction of sp³-hybridized carbons (Fsp3) is 0.381. The maximum atomic E-state index is 12.7. The van der Waals surface area contributed by atoms with Gasteiger partial charge in [-0.15, -0.1) is 0 Å². The molecule has 1 aliphatic heterocycles. The standard InChI is InChI=1S/C21H25NO3S/c23-21(13-7-10-18-8-3-1-4-9-18)22-16-14-20(15-17-22)26(24,25)19-11-5-2-6-12-19/h1-6,8-9,11-12,20H,7,10,13-17H2. The molecule has 3 rings (SSSR count). The highest BCUT2D eigenvalue weighted by molar-refractivity contribution is 7.92. The molecule has 1 amide bonds. The van der Waals surface area contributed by atoms with Crippen molar-refractivity contribution in [3.05, 3.63) is 66.2 Å². The van der Waals surface area contributed by atoms with Crippen LogP contribution in [0, 0.1) is 0 Å². The van der Waals surface area contributed by atoms with E-state index >= 15 is 0 Å². The van der Waals surface area contributed by atoms with Gasteiger partial charge < -0.3 is 4.90 Å². The molecule has 0 saturated carbocycles. The Balaban J connectivity index is 1.48. The molecule has 0 aromatic heterocycles. The molecule has 0 bridgehead atoms. The van der Waals surface area contributed by atoms with Crippen LogP contribution in [-0.2, 0) is 21.1 Å². The summed E-state index contributed by atoms with van der Waals surface area (Å²) in [7, 11) is -3.30. The quantitative estimate of drug-likeness (QED) is 0.781. The summed E-state index contributed by atoms with van der Waals surface area (Å²) in [5.41, 5.74) is 1.24. The Kier molecular flexibility index (Phi) is 6.09. The molecule has 138 valence electrons. The van der Waals surface area contributed by atoms with E-state index in [0.717, 1.165) is 12.8 Å². The van der Waals surface area contributed by atoms with Crippen LogP contribution < -0.4 is 0 Å². The molecule has 0 N–H and O–H groups in total. The first-order valence-electron chi connectivity index (χ1n) is 9.18. The molecule has 0 unspecified atom stereocenters. The molecule has 0 atom stereocenters. The van der Waals surface area contributed by atoms with Gasteiger partial charge in [0.1, 0.15) is 0 Å². The number of amides is 1. The van der Waals surface area contributed by atoms with Crippen LogP contribution in [0.4, 0.5) is 0 Å². The van der Waals surface area contributed by atoms with E-state index in [0.29, 0.717) is 37.2 Å². The fourth-order valence-corrected chi connectivity index (χ4v) is 5.22. The van der Waals surface area contributed by atoms with Crippen molar-refractivity contribution < 1.29 is 13.2 Å². The van der Waals surface area contributed by atoms with Crippen molar-refractivity contribution in [2.24, 2.45) is 0 Å². The Morgan fingerprint density at radius 2 is 1.50 bits per heavy atom. The summed E-state index contributed by atoms with van der Waals surface area (Å²) in [6, 6.07) is 18.8. The van der Waals surface area contributed by atoms with Crippen molar-refractivity contribution >= 4 is 15.7 Å². The molecule has 1 fully saturated rings. The molecule has 2 aromatic rings. The smallest absolute Gasteiger partial charge is 0.222 e. The Labute approximate surface area is 155 Å². The number of carbonyl (C=O) groups excluding carboxylic acids is 1. The SMILES string of the molecule is O=C(CCCc1ccccc1)N1CCC(S(=O)(=O)c2ccccc2)CC1. The van der Waals surface area contributed by atoms with E-state index < -0.39 is 15.1 Å². The number of rotatable bonds is 6. The maximum absolute atomic E-state index is 12.7. The van der Waals surface area contributed by atoms with E-state index in [4.69, 9.17) is 0 Å².